The average Bonchev–Trinajstić information content (AvgIpc) is 2.95. The Hall–Kier alpha value is -2.18. The number of nitrogens with zero attached hydrogens (tertiary/aromatic N) is 2. The lowest BCUT2D eigenvalue weighted by Gasteiger charge is -2.26. The van der Waals surface area contributed by atoms with E-state index in [-0.39, 0.29) is 11.7 Å². The van der Waals surface area contributed by atoms with Crippen LogP contribution in [0.4, 0.5) is 4.39 Å². The van der Waals surface area contributed by atoms with E-state index in [1.807, 2.05) is 33.2 Å². The number of nitrogens with one attached hydrogen (secondary N) is 1. The van der Waals surface area contributed by atoms with Gasteiger partial charge < -0.3 is 14.6 Å². The number of furan rings is 1. The van der Waals surface area contributed by atoms with Crippen LogP contribution in [0.1, 0.15) is 39.4 Å². The molecule has 1 aromatic carbocycles. The van der Waals surface area contributed by atoms with Gasteiger partial charge in [-0.15, -0.1) is 0 Å². The van der Waals surface area contributed by atoms with Crippen molar-refractivity contribution >= 4 is 5.91 Å². The number of hydrogen-bond donors (Lipinski definition) is 1. The van der Waals surface area contributed by atoms with Crippen LogP contribution < -0.4 is 5.32 Å². The molecule has 0 saturated heterocycles. The molecular formula is C21H28FN3O2. The van der Waals surface area contributed by atoms with Gasteiger partial charge in [0.2, 0.25) is 0 Å². The topological polar surface area (TPSA) is 48.7 Å². The molecule has 0 spiro atoms. The molecule has 1 aliphatic heterocycles. The lowest BCUT2D eigenvalue weighted by Crippen LogP contribution is -2.32. The minimum Gasteiger partial charge on any atom is -0.465 e. The largest absolute Gasteiger partial charge is 0.465 e. The van der Waals surface area contributed by atoms with Crippen LogP contribution in [0.2, 0.25) is 0 Å². The van der Waals surface area contributed by atoms with Crippen molar-refractivity contribution in [3.8, 4) is 0 Å². The molecule has 6 heteroatoms. The molecule has 1 aliphatic rings. The van der Waals surface area contributed by atoms with Crippen molar-refractivity contribution in [1.29, 1.82) is 0 Å². The molecule has 27 heavy (non-hydrogen) atoms. The van der Waals surface area contributed by atoms with E-state index in [4.69, 9.17) is 4.42 Å². The Labute approximate surface area is 160 Å². The molecule has 0 aliphatic carbocycles. The first-order valence-electron chi connectivity index (χ1n) is 9.45. The zero-order valence-corrected chi connectivity index (χ0v) is 16.3. The van der Waals surface area contributed by atoms with E-state index in [1.54, 1.807) is 0 Å². The van der Waals surface area contributed by atoms with Gasteiger partial charge in [0.1, 0.15) is 17.3 Å². The monoisotopic (exact) mass is 373 g/mol. The van der Waals surface area contributed by atoms with Crippen LogP contribution in [0, 0.1) is 12.7 Å². The normalized spacial score (nSPS) is 14.4. The zero-order chi connectivity index (χ0) is 19.4. The van der Waals surface area contributed by atoms with Crippen LogP contribution in [-0.4, -0.2) is 49.4 Å². The molecule has 0 saturated carbocycles. The van der Waals surface area contributed by atoms with Crippen molar-refractivity contribution in [3.63, 3.8) is 0 Å². The van der Waals surface area contributed by atoms with E-state index >= 15 is 0 Å². The molecule has 0 radical (unpaired) electrons. The molecule has 1 aromatic heterocycles. The molecule has 2 aromatic rings. The van der Waals surface area contributed by atoms with Crippen molar-refractivity contribution in [1.82, 2.24) is 15.1 Å². The van der Waals surface area contributed by atoms with Gasteiger partial charge in [0.15, 0.2) is 0 Å². The summed E-state index contributed by atoms with van der Waals surface area (Å²) in [6.07, 6.45) is 1.69. The Balaban J connectivity index is 1.66. The highest BCUT2D eigenvalue weighted by atomic mass is 19.1. The Bertz CT molecular complexity index is 783. The van der Waals surface area contributed by atoms with Crippen LogP contribution in [0.25, 0.3) is 0 Å². The van der Waals surface area contributed by atoms with E-state index in [1.165, 1.54) is 12.1 Å². The van der Waals surface area contributed by atoms with Gasteiger partial charge in [0.05, 0.1) is 5.56 Å². The molecular weight excluding hydrogens is 345 g/mol. The lowest BCUT2D eigenvalue weighted by atomic mass is 10.0. The van der Waals surface area contributed by atoms with Crippen LogP contribution in [0.5, 0.6) is 0 Å². The lowest BCUT2D eigenvalue weighted by molar-refractivity contribution is 0.0948. The van der Waals surface area contributed by atoms with E-state index in [0.717, 1.165) is 49.4 Å². The van der Waals surface area contributed by atoms with Gasteiger partial charge >= 0.3 is 0 Å². The number of rotatable bonds is 7. The molecule has 0 unspecified atom stereocenters. The molecule has 3 rings (SSSR count). The third kappa shape index (κ3) is 4.96. The number of halogens is 1. The molecule has 1 amide bonds. The molecule has 2 heterocycles. The van der Waals surface area contributed by atoms with Crippen molar-refractivity contribution in [3.05, 3.63) is 58.3 Å². The summed E-state index contributed by atoms with van der Waals surface area (Å²) in [6.45, 7) is 5.71. The second-order valence-electron chi connectivity index (χ2n) is 7.43. The molecule has 5 nitrogen and oxygen atoms in total. The molecule has 0 bridgehead atoms. The van der Waals surface area contributed by atoms with Gasteiger partial charge in [0.25, 0.3) is 5.91 Å². The van der Waals surface area contributed by atoms with Crippen LogP contribution in [-0.2, 0) is 19.5 Å². The fourth-order valence-corrected chi connectivity index (χ4v) is 3.55. The number of aryl methyl sites for hydroxylation is 1. The van der Waals surface area contributed by atoms with Gasteiger partial charge in [-0.05, 0) is 51.7 Å². The standard InChI is InChI=1S/C21H28FN3O2/c1-15-20(21(26)23-10-4-11-24(2)3)18-14-25(12-9-19(18)27-15)13-16-5-7-17(22)8-6-16/h5-8H,4,9-14H2,1-3H3,(H,23,26). The Morgan fingerprint density at radius 1 is 1.30 bits per heavy atom. The van der Waals surface area contributed by atoms with Crippen molar-refractivity contribution in [2.24, 2.45) is 0 Å². The summed E-state index contributed by atoms with van der Waals surface area (Å²) in [5, 5.41) is 3.02. The third-order valence-corrected chi connectivity index (χ3v) is 4.92. The number of carbonyl (C=O) groups excluding carboxylic acids is 1. The quantitative estimate of drug-likeness (QED) is 0.758. The number of carbonyl (C=O) groups is 1. The van der Waals surface area contributed by atoms with E-state index in [9.17, 15) is 9.18 Å². The summed E-state index contributed by atoms with van der Waals surface area (Å²) < 4.78 is 19.0. The van der Waals surface area contributed by atoms with E-state index < -0.39 is 0 Å². The van der Waals surface area contributed by atoms with Crippen LogP contribution in [0.3, 0.4) is 0 Å². The van der Waals surface area contributed by atoms with Crippen LogP contribution in [0.15, 0.2) is 28.7 Å². The van der Waals surface area contributed by atoms with Crippen LogP contribution >= 0.6 is 0 Å². The maximum Gasteiger partial charge on any atom is 0.255 e. The summed E-state index contributed by atoms with van der Waals surface area (Å²) in [6, 6.07) is 6.59. The second-order valence-corrected chi connectivity index (χ2v) is 7.43. The summed E-state index contributed by atoms with van der Waals surface area (Å²) in [4.78, 5) is 17.1. The fraction of sp³-hybridized carbons (Fsp3) is 0.476. The Morgan fingerprint density at radius 3 is 2.74 bits per heavy atom. The number of fused-ring (bicyclic) bond motifs is 1. The van der Waals surface area contributed by atoms with Gasteiger partial charge in [0, 0.05) is 38.2 Å². The maximum atomic E-state index is 13.1. The van der Waals surface area contributed by atoms with E-state index in [2.05, 4.69) is 15.1 Å². The van der Waals surface area contributed by atoms with Crippen molar-refractivity contribution < 1.29 is 13.6 Å². The summed E-state index contributed by atoms with van der Waals surface area (Å²) >= 11 is 0. The zero-order valence-electron chi connectivity index (χ0n) is 16.3. The predicted octanol–water partition coefficient (Wildman–Crippen LogP) is 2.97. The van der Waals surface area contributed by atoms with Gasteiger partial charge in [-0.2, -0.15) is 0 Å². The highest BCUT2D eigenvalue weighted by molar-refractivity contribution is 5.97. The smallest absolute Gasteiger partial charge is 0.255 e. The van der Waals surface area contributed by atoms with Gasteiger partial charge in [-0.3, -0.25) is 9.69 Å². The molecule has 0 atom stereocenters. The fourth-order valence-electron chi connectivity index (χ4n) is 3.55. The number of benzene rings is 1. The van der Waals surface area contributed by atoms with Crippen molar-refractivity contribution in [2.45, 2.75) is 32.9 Å². The summed E-state index contributed by atoms with van der Waals surface area (Å²) in [5.41, 5.74) is 2.74. The Morgan fingerprint density at radius 2 is 2.04 bits per heavy atom. The number of amides is 1. The summed E-state index contributed by atoms with van der Waals surface area (Å²) in [5.74, 6) is 1.33. The summed E-state index contributed by atoms with van der Waals surface area (Å²) in [7, 11) is 4.04. The van der Waals surface area contributed by atoms with Crippen molar-refractivity contribution in [2.75, 3.05) is 33.7 Å². The average molecular weight is 373 g/mol. The third-order valence-electron chi connectivity index (χ3n) is 4.92. The second kappa shape index (κ2) is 8.67. The maximum absolute atomic E-state index is 13.1. The minimum atomic E-state index is -0.224. The minimum absolute atomic E-state index is 0.0557. The molecule has 146 valence electrons. The first kappa shape index (κ1) is 19.6. The SMILES string of the molecule is Cc1oc2c(c1C(=O)NCCCN(C)C)CN(Cc1ccc(F)cc1)CC2. The van der Waals surface area contributed by atoms with Gasteiger partial charge in [-0.25, -0.2) is 4.39 Å². The number of hydrogen-bond acceptors (Lipinski definition) is 4. The highest BCUT2D eigenvalue weighted by Gasteiger charge is 2.28. The highest BCUT2D eigenvalue weighted by Crippen LogP contribution is 2.29. The van der Waals surface area contributed by atoms with Gasteiger partial charge in [-0.1, -0.05) is 12.1 Å². The Kier molecular flexibility index (Phi) is 6.29. The first-order valence-corrected chi connectivity index (χ1v) is 9.45. The molecule has 0 fully saturated rings. The molecule has 1 N–H and O–H groups in total. The predicted molar refractivity (Wildman–Crippen MR) is 103 cm³/mol. The first-order chi connectivity index (χ1) is 12.9. The van der Waals surface area contributed by atoms with E-state index in [0.29, 0.717) is 24.4 Å².